The van der Waals surface area contributed by atoms with Crippen molar-refractivity contribution in [1.82, 2.24) is 0 Å². The third kappa shape index (κ3) is 2.73. The van der Waals surface area contributed by atoms with E-state index in [-0.39, 0.29) is 5.78 Å². The molecule has 0 aliphatic carbocycles. The number of carbonyl (C=O) groups is 1. The van der Waals surface area contributed by atoms with Crippen LogP contribution in [0.2, 0.25) is 0 Å². The third-order valence-electron chi connectivity index (χ3n) is 2.48. The number of rotatable bonds is 3. The summed E-state index contributed by atoms with van der Waals surface area (Å²) in [7, 11) is 0. The molecule has 0 bridgehead atoms. The third-order valence-corrected chi connectivity index (χ3v) is 3.80. The molecule has 2 aromatic rings. The minimum absolute atomic E-state index is 0.0502. The highest BCUT2D eigenvalue weighted by molar-refractivity contribution is 7.99. The Morgan fingerprint density at radius 3 is 2.41 bits per heavy atom. The molecule has 2 rings (SSSR count). The van der Waals surface area contributed by atoms with Crippen LogP contribution < -0.4 is 0 Å². The second kappa shape index (κ2) is 5.43. The number of ketones is 1. The van der Waals surface area contributed by atoms with Gasteiger partial charge in [0.25, 0.3) is 0 Å². The van der Waals surface area contributed by atoms with Gasteiger partial charge in [-0.05, 0) is 24.5 Å². The van der Waals surface area contributed by atoms with Crippen LogP contribution in [0.4, 0.5) is 0 Å². The van der Waals surface area contributed by atoms with Crippen molar-refractivity contribution in [2.45, 2.75) is 9.79 Å². The zero-order valence-corrected chi connectivity index (χ0v) is 11.1. The number of carbonyl (C=O) groups excluding carboxylic acids is 1. The maximum atomic E-state index is 12.2. The Labute approximate surface area is 111 Å². The van der Waals surface area contributed by atoms with E-state index in [0.717, 1.165) is 9.79 Å². The van der Waals surface area contributed by atoms with Gasteiger partial charge in [0.2, 0.25) is 0 Å². The van der Waals surface area contributed by atoms with Crippen molar-refractivity contribution in [1.29, 1.82) is 0 Å². The van der Waals surface area contributed by atoms with E-state index < -0.39 is 0 Å². The number of thioether (sulfide) groups is 1. The van der Waals surface area contributed by atoms with E-state index in [1.807, 2.05) is 54.8 Å². The van der Waals surface area contributed by atoms with Gasteiger partial charge in [-0.1, -0.05) is 30.3 Å². The first kappa shape index (κ1) is 12.3. The molecule has 17 heavy (non-hydrogen) atoms. The summed E-state index contributed by atoms with van der Waals surface area (Å²) in [6, 6.07) is 14.9. The van der Waals surface area contributed by atoms with E-state index in [2.05, 4.69) is 12.6 Å². The first-order valence-corrected chi connectivity index (χ1v) is 6.86. The van der Waals surface area contributed by atoms with Gasteiger partial charge in [-0.25, -0.2) is 0 Å². The SMILES string of the molecule is CSc1cc(C(=O)c2ccccc2)ccc1S. The van der Waals surface area contributed by atoms with Crippen LogP contribution in [0.25, 0.3) is 0 Å². The summed E-state index contributed by atoms with van der Waals surface area (Å²) in [5, 5.41) is 0. The van der Waals surface area contributed by atoms with Crippen molar-refractivity contribution in [3.05, 3.63) is 59.7 Å². The molecule has 0 aliphatic rings. The molecule has 0 fully saturated rings. The lowest BCUT2D eigenvalue weighted by Gasteiger charge is -2.05. The van der Waals surface area contributed by atoms with Crippen LogP contribution in [0.15, 0.2) is 58.3 Å². The Morgan fingerprint density at radius 1 is 1.06 bits per heavy atom. The van der Waals surface area contributed by atoms with Gasteiger partial charge in [-0.15, -0.1) is 24.4 Å². The van der Waals surface area contributed by atoms with Crippen molar-refractivity contribution in [3.63, 3.8) is 0 Å². The highest BCUT2D eigenvalue weighted by atomic mass is 32.2. The minimum Gasteiger partial charge on any atom is -0.289 e. The molecular formula is C14H12OS2. The Balaban J connectivity index is 2.38. The van der Waals surface area contributed by atoms with E-state index in [4.69, 9.17) is 0 Å². The van der Waals surface area contributed by atoms with Gasteiger partial charge >= 0.3 is 0 Å². The summed E-state index contributed by atoms with van der Waals surface area (Å²) >= 11 is 5.94. The number of thiol groups is 1. The molecule has 0 atom stereocenters. The van der Waals surface area contributed by atoms with Crippen LogP contribution in [-0.2, 0) is 0 Å². The van der Waals surface area contributed by atoms with E-state index >= 15 is 0 Å². The molecule has 0 heterocycles. The molecule has 0 aliphatic heterocycles. The van der Waals surface area contributed by atoms with Crippen LogP contribution in [0, 0.1) is 0 Å². The van der Waals surface area contributed by atoms with Gasteiger partial charge in [0.15, 0.2) is 5.78 Å². The largest absolute Gasteiger partial charge is 0.289 e. The highest BCUT2D eigenvalue weighted by Gasteiger charge is 2.10. The Morgan fingerprint density at radius 2 is 1.76 bits per heavy atom. The van der Waals surface area contributed by atoms with Crippen LogP contribution >= 0.6 is 24.4 Å². The maximum Gasteiger partial charge on any atom is 0.193 e. The van der Waals surface area contributed by atoms with Crippen molar-refractivity contribution >= 4 is 30.2 Å². The molecule has 86 valence electrons. The summed E-state index contributed by atoms with van der Waals surface area (Å²) in [5.74, 6) is 0.0502. The molecule has 0 saturated heterocycles. The summed E-state index contributed by atoms with van der Waals surface area (Å²) in [6.45, 7) is 0. The molecule has 0 N–H and O–H groups in total. The van der Waals surface area contributed by atoms with Crippen molar-refractivity contribution in [2.75, 3.05) is 6.26 Å². The van der Waals surface area contributed by atoms with Gasteiger partial charge in [0.05, 0.1) is 0 Å². The first-order chi connectivity index (χ1) is 8.22. The fraction of sp³-hybridized carbons (Fsp3) is 0.0714. The standard InChI is InChI=1S/C14H12OS2/c1-17-13-9-11(7-8-12(13)16)14(15)10-5-3-2-4-6-10/h2-9,16H,1H3. The van der Waals surface area contributed by atoms with Crippen LogP contribution in [0.5, 0.6) is 0 Å². The minimum atomic E-state index is 0.0502. The van der Waals surface area contributed by atoms with E-state index in [9.17, 15) is 4.79 Å². The zero-order valence-electron chi connectivity index (χ0n) is 9.38. The lowest BCUT2D eigenvalue weighted by molar-refractivity contribution is 0.103. The average molecular weight is 260 g/mol. The summed E-state index contributed by atoms with van der Waals surface area (Å²) in [5.41, 5.74) is 1.42. The Kier molecular flexibility index (Phi) is 3.92. The molecular weight excluding hydrogens is 248 g/mol. The Hall–Kier alpha value is -1.19. The predicted molar refractivity (Wildman–Crippen MR) is 75.3 cm³/mol. The predicted octanol–water partition coefficient (Wildman–Crippen LogP) is 3.93. The van der Waals surface area contributed by atoms with Gasteiger partial charge in [-0.2, -0.15) is 0 Å². The fourth-order valence-electron chi connectivity index (χ4n) is 1.58. The summed E-state index contributed by atoms with van der Waals surface area (Å²) in [4.78, 5) is 14.1. The van der Waals surface area contributed by atoms with E-state index in [0.29, 0.717) is 11.1 Å². The number of benzene rings is 2. The first-order valence-electron chi connectivity index (χ1n) is 5.19. The average Bonchev–Trinajstić information content (AvgIpc) is 2.39. The Bertz CT molecular complexity index is 535. The second-order valence-corrected chi connectivity index (χ2v) is 4.91. The number of hydrogen-bond acceptors (Lipinski definition) is 3. The van der Waals surface area contributed by atoms with Crippen molar-refractivity contribution in [3.8, 4) is 0 Å². The van der Waals surface area contributed by atoms with Gasteiger partial charge in [0, 0.05) is 20.9 Å². The monoisotopic (exact) mass is 260 g/mol. The molecule has 1 nitrogen and oxygen atoms in total. The molecule has 0 amide bonds. The smallest absolute Gasteiger partial charge is 0.193 e. The van der Waals surface area contributed by atoms with E-state index in [1.165, 1.54) is 0 Å². The van der Waals surface area contributed by atoms with Crippen molar-refractivity contribution < 1.29 is 4.79 Å². The molecule has 3 heteroatoms. The molecule has 0 aromatic heterocycles. The number of hydrogen-bond donors (Lipinski definition) is 1. The highest BCUT2D eigenvalue weighted by Crippen LogP contribution is 2.25. The molecule has 2 aromatic carbocycles. The molecule has 0 saturated carbocycles. The van der Waals surface area contributed by atoms with Crippen molar-refractivity contribution in [2.24, 2.45) is 0 Å². The normalized spacial score (nSPS) is 10.2. The summed E-state index contributed by atoms with van der Waals surface area (Å²) < 4.78 is 0. The topological polar surface area (TPSA) is 17.1 Å². The lowest BCUT2D eigenvalue weighted by atomic mass is 10.0. The van der Waals surface area contributed by atoms with E-state index in [1.54, 1.807) is 11.8 Å². The quantitative estimate of drug-likeness (QED) is 0.511. The molecule has 0 unspecified atom stereocenters. The zero-order chi connectivity index (χ0) is 12.3. The van der Waals surface area contributed by atoms with Crippen LogP contribution in [-0.4, -0.2) is 12.0 Å². The van der Waals surface area contributed by atoms with Crippen LogP contribution in [0.1, 0.15) is 15.9 Å². The molecule has 0 radical (unpaired) electrons. The maximum absolute atomic E-state index is 12.2. The summed E-state index contributed by atoms with van der Waals surface area (Å²) in [6.07, 6.45) is 1.98. The second-order valence-electron chi connectivity index (χ2n) is 3.58. The fourth-order valence-corrected chi connectivity index (χ4v) is 2.51. The van der Waals surface area contributed by atoms with Gasteiger partial charge < -0.3 is 0 Å². The van der Waals surface area contributed by atoms with Crippen LogP contribution in [0.3, 0.4) is 0 Å². The molecule has 0 spiro atoms. The van der Waals surface area contributed by atoms with Gasteiger partial charge in [0.1, 0.15) is 0 Å². The van der Waals surface area contributed by atoms with Gasteiger partial charge in [-0.3, -0.25) is 4.79 Å². The lowest BCUT2D eigenvalue weighted by Crippen LogP contribution is -2.01.